The summed E-state index contributed by atoms with van der Waals surface area (Å²) in [5, 5.41) is 78.9. The van der Waals surface area contributed by atoms with Crippen molar-refractivity contribution in [2.45, 2.75) is 127 Å². The molecule has 10 aromatic heterocycles. The minimum absolute atomic E-state index is 0.00301. The van der Waals surface area contributed by atoms with E-state index in [9.17, 15) is 15.3 Å². The zero-order valence-corrected chi connectivity index (χ0v) is 51.4. The maximum absolute atomic E-state index is 15.0. The van der Waals surface area contributed by atoms with Crippen molar-refractivity contribution >= 4 is 11.5 Å². The summed E-state index contributed by atoms with van der Waals surface area (Å²) in [6.45, 7) is 14.1. The minimum atomic E-state index is -1.22. The average molecular weight is 1240 g/mol. The van der Waals surface area contributed by atoms with Crippen LogP contribution in [0.1, 0.15) is 80.1 Å². The molecule has 0 aromatic carbocycles. The van der Waals surface area contributed by atoms with Crippen molar-refractivity contribution in [3.05, 3.63) is 117 Å². The van der Waals surface area contributed by atoms with Crippen molar-refractivity contribution in [2.24, 2.45) is 0 Å². The number of nitrogens with zero attached hydrogens (tertiary/aromatic N) is 19. The van der Waals surface area contributed by atoms with Crippen molar-refractivity contribution in [2.75, 3.05) is 32.1 Å². The fraction of sp³-hybridized carbons (Fsp3) is 0.387. The molecule has 29 heteroatoms. The van der Waals surface area contributed by atoms with Crippen molar-refractivity contribution < 1.29 is 33.9 Å². The second kappa shape index (κ2) is 25.0. The number of ether oxygens (including phenoxy) is 3. The van der Waals surface area contributed by atoms with Gasteiger partial charge in [-0.3, -0.25) is 4.98 Å². The second-order valence-electron chi connectivity index (χ2n) is 24.8. The van der Waals surface area contributed by atoms with Gasteiger partial charge in [-0.1, -0.05) is 5.21 Å². The molecule has 14 heterocycles. The lowest BCUT2D eigenvalue weighted by molar-refractivity contribution is -0.0281. The zero-order valence-electron chi connectivity index (χ0n) is 51.4. The fourth-order valence-corrected chi connectivity index (χ4v) is 12.4. The fourth-order valence-electron chi connectivity index (χ4n) is 12.4. The third-order valence-corrected chi connectivity index (χ3v) is 16.5. The van der Waals surface area contributed by atoms with Gasteiger partial charge in [0.05, 0.1) is 43.3 Å². The summed E-state index contributed by atoms with van der Waals surface area (Å²) < 4.78 is 35.2. The summed E-state index contributed by atoms with van der Waals surface area (Å²) in [6, 6.07) is 17.3. The first-order chi connectivity index (χ1) is 43.7. The molecule has 0 amide bonds. The molecule has 0 aliphatic carbocycles. The molecule has 4 aliphatic heterocycles. The predicted molar refractivity (Wildman–Crippen MR) is 331 cm³/mol. The van der Waals surface area contributed by atoms with Crippen molar-refractivity contribution in [1.29, 1.82) is 0 Å². The van der Waals surface area contributed by atoms with E-state index in [0.29, 0.717) is 86.7 Å². The zero-order chi connectivity index (χ0) is 63.7. The Hall–Kier alpha value is -10.1. The van der Waals surface area contributed by atoms with Gasteiger partial charge in [0.15, 0.2) is 23.5 Å². The largest absolute Gasteiger partial charge is 0.506 e. The number of nitrogens with one attached hydrogen (secondary N) is 3. The third kappa shape index (κ3) is 13.7. The highest BCUT2D eigenvalue weighted by molar-refractivity contribution is 5.70. The molecular formula is C62H69FN22O6. The van der Waals surface area contributed by atoms with Gasteiger partial charge in [0, 0.05) is 121 Å². The summed E-state index contributed by atoms with van der Waals surface area (Å²) in [7, 11) is 3.51. The highest BCUT2D eigenvalue weighted by Crippen LogP contribution is 2.43. The molecule has 0 saturated carbocycles. The number of anilines is 1. The molecule has 6 atom stereocenters. The quantitative estimate of drug-likeness (QED) is 0.0694. The van der Waals surface area contributed by atoms with E-state index in [1.54, 1.807) is 96.6 Å². The molecule has 10 aromatic rings. The van der Waals surface area contributed by atoms with Crippen LogP contribution in [0.2, 0.25) is 0 Å². The van der Waals surface area contributed by atoms with Crippen molar-refractivity contribution in [3.8, 4) is 97.4 Å². The van der Waals surface area contributed by atoms with E-state index in [4.69, 9.17) is 14.2 Å². The van der Waals surface area contributed by atoms with E-state index in [2.05, 4.69) is 116 Å². The van der Waals surface area contributed by atoms with E-state index in [1.165, 1.54) is 37.0 Å². The van der Waals surface area contributed by atoms with Crippen LogP contribution >= 0.6 is 0 Å². The van der Waals surface area contributed by atoms with Gasteiger partial charge in [0.25, 0.3) is 0 Å². The Morgan fingerprint density at radius 2 is 1.30 bits per heavy atom. The summed E-state index contributed by atoms with van der Waals surface area (Å²) in [6.07, 6.45) is 18.4. The number of fused-ring (bicyclic) bond motifs is 3. The summed E-state index contributed by atoms with van der Waals surface area (Å²) >= 11 is 0. The standard InChI is InChI=1S/C23H25FN8O2.C20H23N7O2.C19H21N7O2/c1-22(2)10-16(20(24)23(3,4)31-22)34-18-6-5-14(28-29-18)19-15(33)9-13(11-26-19)21-27-17-12-25-7-8-32(17)30-21;1-19-5-6-20(2,25-19)11-14(10-19)29-17-4-3-15(23-24-17)18-16(28)9-13(12-21-18)27-8-7-22-26-27;1-20-13-5-6-26(10-13)17-4-3-14(24-25-17)19-16(27)7-12(9-21-19)15-8-18(28-2)23-11-22-15/h5-9,11-12,16,20,31,33H,10H2,1-4H3;3-4,7-9,12,14,25,28H,5-6,10-11H2,1-2H3;3-4,7-9,11,13,20,27H,5-6,10H2,1-2H3/t16-,20-;14?,19-,20+;13-/m0.1/s1. The number of aromatic hydroxyl groups is 3. The lowest BCUT2D eigenvalue weighted by Gasteiger charge is -2.48. The van der Waals surface area contributed by atoms with Crippen LogP contribution in [-0.4, -0.2) is 179 Å². The van der Waals surface area contributed by atoms with Crippen LogP contribution in [-0.2, 0) is 0 Å². The number of methoxy groups -OCH3 is 1. The Bertz CT molecular complexity index is 4120. The number of piperidine rings is 2. The molecule has 0 spiro atoms. The van der Waals surface area contributed by atoms with Crippen molar-refractivity contribution in [1.82, 2.24) is 106 Å². The van der Waals surface area contributed by atoms with Crippen molar-refractivity contribution in [3.63, 3.8) is 0 Å². The summed E-state index contributed by atoms with van der Waals surface area (Å²) in [5.74, 6) is 2.29. The number of aromatic nitrogens is 18. The van der Waals surface area contributed by atoms with Crippen LogP contribution in [0.25, 0.3) is 68.1 Å². The average Bonchev–Trinajstić information content (AvgIpc) is 1.81. The van der Waals surface area contributed by atoms with Gasteiger partial charge in [-0.05, 0) is 104 Å². The van der Waals surface area contributed by atoms with Gasteiger partial charge in [-0.15, -0.1) is 40.8 Å². The van der Waals surface area contributed by atoms with E-state index in [0.717, 1.165) is 38.2 Å². The molecular weight excluding hydrogens is 1170 g/mol. The number of hydrogen-bond acceptors (Lipinski definition) is 26. The first kappa shape index (κ1) is 61.1. The number of hydrogen-bond donors (Lipinski definition) is 6. The van der Waals surface area contributed by atoms with E-state index >= 15 is 4.39 Å². The first-order valence-electron chi connectivity index (χ1n) is 29.7. The highest BCUT2D eigenvalue weighted by atomic mass is 19.1. The summed E-state index contributed by atoms with van der Waals surface area (Å²) in [4.78, 5) is 31.7. The van der Waals surface area contributed by atoms with Crippen LogP contribution in [0, 0.1) is 0 Å². The number of pyridine rings is 3. The first-order valence-corrected chi connectivity index (χ1v) is 29.7. The smallest absolute Gasteiger partial charge is 0.233 e. The number of alkyl halides is 1. The Labute approximate surface area is 522 Å². The Balaban J connectivity index is 0.000000133. The predicted octanol–water partition coefficient (Wildman–Crippen LogP) is 6.76. The molecule has 4 fully saturated rings. The summed E-state index contributed by atoms with van der Waals surface area (Å²) in [5.41, 5.74) is 4.56. The lowest BCUT2D eigenvalue weighted by atomic mass is 9.79. The van der Waals surface area contributed by atoms with Crippen LogP contribution in [0.5, 0.6) is 34.9 Å². The lowest BCUT2D eigenvalue weighted by Crippen LogP contribution is -2.66. The molecule has 14 rings (SSSR count). The molecule has 28 nitrogen and oxygen atoms in total. The number of rotatable bonds is 13. The molecule has 91 heavy (non-hydrogen) atoms. The van der Waals surface area contributed by atoms with Crippen LogP contribution < -0.4 is 35.1 Å². The van der Waals surface area contributed by atoms with Gasteiger partial charge in [-0.2, -0.15) is 0 Å². The van der Waals surface area contributed by atoms with Gasteiger partial charge in [0.2, 0.25) is 17.6 Å². The molecule has 6 N–H and O–H groups in total. The van der Waals surface area contributed by atoms with Crippen LogP contribution in [0.4, 0.5) is 10.2 Å². The molecule has 1 unspecified atom stereocenters. The molecule has 2 bridgehead atoms. The highest BCUT2D eigenvalue weighted by Gasteiger charge is 2.50. The maximum Gasteiger partial charge on any atom is 0.233 e. The van der Waals surface area contributed by atoms with E-state index < -0.39 is 17.8 Å². The Morgan fingerprint density at radius 1 is 0.648 bits per heavy atom. The molecule has 0 radical (unpaired) electrons. The monoisotopic (exact) mass is 1240 g/mol. The maximum atomic E-state index is 15.0. The molecule has 4 aliphatic rings. The minimum Gasteiger partial charge on any atom is -0.506 e. The molecule has 470 valence electrons. The molecule has 4 saturated heterocycles. The normalized spacial score (nSPS) is 22.1. The number of halogens is 1. The van der Waals surface area contributed by atoms with Crippen LogP contribution in [0.3, 0.4) is 0 Å². The number of likely N-dealkylation sites (N-methyl/N-ethyl adjacent to an activating group) is 1. The van der Waals surface area contributed by atoms with Gasteiger partial charge in [-0.25, -0.2) is 43.5 Å². The Morgan fingerprint density at radius 3 is 1.89 bits per heavy atom. The second-order valence-corrected chi connectivity index (χ2v) is 24.8. The van der Waals surface area contributed by atoms with Crippen LogP contribution in [0.15, 0.2) is 117 Å². The SMILES string of the molecule is CC1(C)C[C@H](Oc2ccc(-c3ncc(-c4nc5cnccn5n4)cc3O)nn2)[C@H](F)C(C)(C)N1.CN[C@@H]1CCN(c2ccc(-c3ncc(-c4cc(OC)ncn4)cc3O)nn2)C1.C[C@]12CC[C@](C)(CC(Oc3ccc(-c4ncc(-n5ccnn5)cc4O)nn3)C1)N2. The van der Waals surface area contributed by atoms with Gasteiger partial charge in [0.1, 0.15) is 69.9 Å². The third-order valence-electron chi connectivity index (χ3n) is 16.5. The Kier molecular flexibility index (Phi) is 16.8. The van der Waals surface area contributed by atoms with E-state index in [1.807, 2.05) is 46.9 Å². The topological polar surface area (TPSA) is 343 Å². The van der Waals surface area contributed by atoms with E-state index in [-0.39, 0.29) is 51.5 Å². The van der Waals surface area contributed by atoms with Gasteiger partial charge >= 0.3 is 0 Å². The van der Waals surface area contributed by atoms with Gasteiger partial charge < -0.3 is 50.4 Å².